The molecule has 1 aliphatic rings. The number of hydrogen-bond donors (Lipinski definition) is 2. The molecule has 2 unspecified atom stereocenters. The fraction of sp³-hybridized carbons (Fsp3) is 0.500. The minimum atomic E-state index is -0.667. The largest absolute Gasteiger partial charge is 0.493 e. The van der Waals surface area contributed by atoms with Crippen LogP contribution in [0.25, 0.3) is 0 Å². The van der Waals surface area contributed by atoms with E-state index in [4.69, 9.17) is 10.5 Å². The normalized spacial score (nSPS) is 29.5. The highest BCUT2D eigenvalue weighted by atomic mass is 16.5. The number of ether oxygens (including phenoxy) is 1. The van der Waals surface area contributed by atoms with Crippen LogP contribution >= 0.6 is 0 Å². The van der Waals surface area contributed by atoms with E-state index >= 15 is 0 Å². The van der Waals surface area contributed by atoms with Gasteiger partial charge in [-0.05, 0) is 12.5 Å². The molecule has 1 heterocycles. The third-order valence-electron chi connectivity index (χ3n) is 3.33. The van der Waals surface area contributed by atoms with Crippen LogP contribution in [0.3, 0.4) is 0 Å². The predicted molar refractivity (Wildman–Crippen MR) is 58.8 cm³/mol. The Morgan fingerprint density at radius 3 is 3.00 bits per heavy atom. The van der Waals surface area contributed by atoms with Crippen LogP contribution in [0.4, 0.5) is 0 Å². The predicted octanol–water partition coefficient (Wildman–Crippen LogP) is 1.17. The molecule has 3 N–H and O–H groups in total. The molecule has 15 heavy (non-hydrogen) atoms. The van der Waals surface area contributed by atoms with Gasteiger partial charge in [-0.1, -0.05) is 25.1 Å². The van der Waals surface area contributed by atoms with Crippen molar-refractivity contribution in [1.82, 2.24) is 0 Å². The molecule has 0 radical (unpaired) electrons. The molecule has 3 heteroatoms. The summed E-state index contributed by atoms with van der Waals surface area (Å²) >= 11 is 0. The highest BCUT2D eigenvalue weighted by Gasteiger charge is 2.39. The molecule has 1 aromatic carbocycles. The van der Waals surface area contributed by atoms with E-state index in [1.807, 2.05) is 32.0 Å². The summed E-state index contributed by atoms with van der Waals surface area (Å²) in [6, 6.07) is 5.88. The van der Waals surface area contributed by atoms with Gasteiger partial charge >= 0.3 is 0 Å². The zero-order valence-corrected chi connectivity index (χ0v) is 9.16. The highest BCUT2D eigenvalue weighted by Crippen LogP contribution is 2.39. The fourth-order valence-electron chi connectivity index (χ4n) is 2.07. The Morgan fingerprint density at radius 1 is 1.60 bits per heavy atom. The average molecular weight is 207 g/mol. The zero-order chi connectivity index (χ0) is 11.1. The van der Waals surface area contributed by atoms with Crippen LogP contribution < -0.4 is 10.5 Å². The van der Waals surface area contributed by atoms with E-state index in [2.05, 4.69) is 0 Å². The number of aryl methyl sites for hydroxylation is 1. The lowest BCUT2D eigenvalue weighted by molar-refractivity contribution is 0.0847. The third kappa shape index (κ3) is 1.43. The number of aliphatic hydroxyl groups is 1. The second-order valence-corrected chi connectivity index (χ2v) is 4.36. The lowest BCUT2D eigenvalue weighted by Crippen LogP contribution is -2.51. The van der Waals surface area contributed by atoms with Gasteiger partial charge in [0.05, 0.1) is 18.8 Å². The van der Waals surface area contributed by atoms with Crippen molar-refractivity contribution in [2.24, 2.45) is 11.7 Å². The quantitative estimate of drug-likeness (QED) is 0.726. The molecular weight excluding hydrogens is 190 g/mol. The number of benzene rings is 1. The second-order valence-electron chi connectivity index (χ2n) is 4.36. The molecular formula is C12H17NO2. The van der Waals surface area contributed by atoms with Gasteiger partial charge in [0, 0.05) is 11.5 Å². The summed E-state index contributed by atoms with van der Waals surface area (Å²) in [5, 5.41) is 9.48. The van der Waals surface area contributed by atoms with E-state index < -0.39 is 5.54 Å². The molecule has 0 aromatic heterocycles. The first-order valence-electron chi connectivity index (χ1n) is 5.22. The molecule has 0 saturated heterocycles. The van der Waals surface area contributed by atoms with E-state index in [0.29, 0.717) is 6.61 Å². The molecule has 0 spiro atoms. The number of fused-ring (bicyclic) bond motifs is 1. The van der Waals surface area contributed by atoms with Crippen LogP contribution in [0.15, 0.2) is 18.2 Å². The van der Waals surface area contributed by atoms with Gasteiger partial charge in [0.2, 0.25) is 0 Å². The minimum Gasteiger partial charge on any atom is -0.493 e. The van der Waals surface area contributed by atoms with E-state index in [-0.39, 0.29) is 12.5 Å². The van der Waals surface area contributed by atoms with Crippen LogP contribution in [0.5, 0.6) is 5.75 Å². The van der Waals surface area contributed by atoms with E-state index in [9.17, 15) is 5.11 Å². The van der Waals surface area contributed by atoms with Crippen LogP contribution in [-0.2, 0) is 5.54 Å². The molecule has 3 nitrogen and oxygen atoms in total. The van der Waals surface area contributed by atoms with Crippen molar-refractivity contribution in [2.45, 2.75) is 19.4 Å². The summed E-state index contributed by atoms with van der Waals surface area (Å²) in [4.78, 5) is 0. The van der Waals surface area contributed by atoms with Gasteiger partial charge in [0.25, 0.3) is 0 Å². The molecule has 0 aliphatic carbocycles. The standard InChI is InChI=1S/C12H17NO2/c1-8-4-3-5-10-11(8)15-6-9(2)12(10,13)7-14/h3-5,9,14H,6-7,13H2,1-2H3. The average Bonchev–Trinajstić information content (AvgIpc) is 2.24. The van der Waals surface area contributed by atoms with E-state index in [1.54, 1.807) is 0 Å². The number of para-hydroxylation sites is 1. The molecule has 2 rings (SSSR count). The molecule has 0 fully saturated rings. The number of hydrogen-bond acceptors (Lipinski definition) is 3. The first kappa shape index (κ1) is 10.5. The molecule has 2 atom stereocenters. The fourth-order valence-corrected chi connectivity index (χ4v) is 2.07. The Bertz CT molecular complexity index is 378. The Morgan fingerprint density at radius 2 is 2.33 bits per heavy atom. The van der Waals surface area contributed by atoms with Gasteiger partial charge in [-0.15, -0.1) is 0 Å². The summed E-state index contributed by atoms with van der Waals surface area (Å²) in [5.74, 6) is 0.962. The Kier molecular flexibility index (Phi) is 2.44. The SMILES string of the molecule is Cc1cccc2c1OCC(C)C2(N)CO. The van der Waals surface area contributed by atoms with Crippen molar-refractivity contribution >= 4 is 0 Å². The maximum absolute atomic E-state index is 9.48. The van der Waals surface area contributed by atoms with Crippen molar-refractivity contribution in [2.75, 3.05) is 13.2 Å². The number of rotatable bonds is 1. The van der Waals surface area contributed by atoms with Crippen LogP contribution in [0, 0.1) is 12.8 Å². The Hall–Kier alpha value is -1.06. The number of aliphatic hydroxyl groups excluding tert-OH is 1. The van der Waals surface area contributed by atoms with Gasteiger partial charge in [-0.3, -0.25) is 0 Å². The zero-order valence-electron chi connectivity index (χ0n) is 9.16. The maximum Gasteiger partial charge on any atom is 0.127 e. The summed E-state index contributed by atoms with van der Waals surface area (Å²) in [7, 11) is 0. The van der Waals surface area contributed by atoms with Crippen molar-refractivity contribution in [3.8, 4) is 5.75 Å². The first-order chi connectivity index (χ1) is 7.09. The van der Waals surface area contributed by atoms with Crippen molar-refractivity contribution in [3.63, 3.8) is 0 Å². The monoisotopic (exact) mass is 207 g/mol. The van der Waals surface area contributed by atoms with Crippen LogP contribution in [0.2, 0.25) is 0 Å². The Balaban J connectivity index is 2.58. The lowest BCUT2D eigenvalue weighted by Gasteiger charge is -2.40. The van der Waals surface area contributed by atoms with Crippen LogP contribution in [-0.4, -0.2) is 18.3 Å². The third-order valence-corrected chi connectivity index (χ3v) is 3.33. The highest BCUT2D eigenvalue weighted by molar-refractivity contribution is 5.46. The smallest absolute Gasteiger partial charge is 0.127 e. The summed E-state index contributed by atoms with van der Waals surface area (Å²) in [6.07, 6.45) is 0. The minimum absolute atomic E-state index is 0.0476. The molecule has 0 amide bonds. The Labute approximate surface area is 89.9 Å². The van der Waals surface area contributed by atoms with E-state index in [1.165, 1.54) is 0 Å². The number of nitrogens with two attached hydrogens (primary N) is 1. The molecule has 1 aromatic rings. The first-order valence-corrected chi connectivity index (χ1v) is 5.22. The molecule has 0 saturated carbocycles. The van der Waals surface area contributed by atoms with Crippen molar-refractivity contribution < 1.29 is 9.84 Å². The van der Waals surface area contributed by atoms with Gasteiger partial charge in [0.1, 0.15) is 5.75 Å². The van der Waals surface area contributed by atoms with Crippen LogP contribution in [0.1, 0.15) is 18.1 Å². The van der Waals surface area contributed by atoms with E-state index in [0.717, 1.165) is 16.9 Å². The molecule has 0 bridgehead atoms. The van der Waals surface area contributed by atoms with Gasteiger partial charge in [-0.25, -0.2) is 0 Å². The molecule has 1 aliphatic heterocycles. The van der Waals surface area contributed by atoms with Crippen molar-refractivity contribution in [3.05, 3.63) is 29.3 Å². The molecule has 82 valence electrons. The maximum atomic E-state index is 9.48. The second kappa shape index (κ2) is 3.51. The summed E-state index contributed by atoms with van der Waals surface area (Å²) < 4.78 is 5.67. The van der Waals surface area contributed by atoms with Gasteiger partial charge in [-0.2, -0.15) is 0 Å². The van der Waals surface area contributed by atoms with Crippen molar-refractivity contribution in [1.29, 1.82) is 0 Å². The topological polar surface area (TPSA) is 55.5 Å². The van der Waals surface area contributed by atoms with Gasteiger partial charge in [0.15, 0.2) is 0 Å². The summed E-state index contributed by atoms with van der Waals surface area (Å²) in [5.41, 5.74) is 7.58. The lowest BCUT2D eigenvalue weighted by atomic mass is 9.78. The summed E-state index contributed by atoms with van der Waals surface area (Å²) in [6.45, 7) is 4.51. The van der Waals surface area contributed by atoms with Gasteiger partial charge < -0.3 is 15.6 Å².